The van der Waals surface area contributed by atoms with Crippen LogP contribution >= 0.6 is 0 Å². The number of ether oxygens (including phenoxy) is 3. The van der Waals surface area contributed by atoms with Gasteiger partial charge in [-0.15, -0.1) is 0 Å². The number of aromatic hydroxyl groups is 1. The molecule has 0 spiro atoms. The van der Waals surface area contributed by atoms with Gasteiger partial charge in [0.15, 0.2) is 12.4 Å². The number of amides is 1. The van der Waals surface area contributed by atoms with Crippen LogP contribution in [-0.2, 0) is 14.3 Å². The van der Waals surface area contributed by atoms with Crippen molar-refractivity contribution in [2.75, 3.05) is 26.8 Å². The van der Waals surface area contributed by atoms with Crippen molar-refractivity contribution in [3.63, 3.8) is 0 Å². The van der Waals surface area contributed by atoms with Gasteiger partial charge in [-0.25, -0.2) is 0 Å². The first-order valence-corrected chi connectivity index (χ1v) is 9.75. The highest BCUT2D eigenvalue weighted by molar-refractivity contribution is 6.03. The van der Waals surface area contributed by atoms with Gasteiger partial charge in [0, 0.05) is 31.6 Å². The van der Waals surface area contributed by atoms with Crippen molar-refractivity contribution in [3.8, 4) is 17.2 Å². The van der Waals surface area contributed by atoms with Crippen LogP contribution in [-0.4, -0.2) is 60.1 Å². The van der Waals surface area contributed by atoms with E-state index in [0.29, 0.717) is 19.5 Å². The van der Waals surface area contributed by atoms with Gasteiger partial charge >= 0.3 is 5.97 Å². The smallest absolute Gasteiger partial charge is 0.305 e. The molecule has 1 fully saturated rings. The molecule has 0 aromatic heterocycles. The molecule has 8 heteroatoms. The Hall–Kier alpha value is -2.77. The molecule has 3 rings (SSSR count). The van der Waals surface area contributed by atoms with Crippen LogP contribution in [0.25, 0.3) is 0 Å². The number of carbonyl (C=O) groups excluding carboxylic acids is 3. The third-order valence-electron chi connectivity index (χ3n) is 5.32. The Morgan fingerprint density at radius 2 is 1.97 bits per heavy atom. The molecular formula is C21H27NO7. The minimum Gasteiger partial charge on any atom is -0.507 e. The quantitative estimate of drug-likeness (QED) is 0.750. The Morgan fingerprint density at radius 1 is 1.28 bits per heavy atom. The van der Waals surface area contributed by atoms with Crippen LogP contribution < -0.4 is 9.47 Å². The average molecular weight is 405 g/mol. The Balaban J connectivity index is 1.57. The van der Waals surface area contributed by atoms with Crippen molar-refractivity contribution < 1.29 is 33.7 Å². The van der Waals surface area contributed by atoms with Gasteiger partial charge in [0.05, 0.1) is 13.5 Å². The number of phenolic OH excluding ortho intramolecular Hbond substituents is 1. The first-order chi connectivity index (χ1) is 13.7. The summed E-state index contributed by atoms with van der Waals surface area (Å²) in [4.78, 5) is 37.8. The molecule has 29 heavy (non-hydrogen) atoms. The number of piperidine rings is 1. The van der Waals surface area contributed by atoms with Gasteiger partial charge in [-0.3, -0.25) is 14.4 Å². The first kappa shape index (κ1) is 21.0. The van der Waals surface area contributed by atoms with E-state index in [2.05, 4.69) is 0 Å². The summed E-state index contributed by atoms with van der Waals surface area (Å²) in [6, 6.07) is 2.86. The second-order valence-electron chi connectivity index (χ2n) is 8.17. The van der Waals surface area contributed by atoms with Crippen LogP contribution in [0.15, 0.2) is 12.1 Å². The zero-order chi connectivity index (χ0) is 21.2. The van der Waals surface area contributed by atoms with Gasteiger partial charge in [0.2, 0.25) is 0 Å². The average Bonchev–Trinajstić information content (AvgIpc) is 2.64. The minimum atomic E-state index is -0.667. The summed E-state index contributed by atoms with van der Waals surface area (Å²) in [7, 11) is 1.37. The Kier molecular flexibility index (Phi) is 6.00. The van der Waals surface area contributed by atoms with Crippen LogP contribution in [0.4, 0.5) is 0 Å². The van der Waals surface area contributed by atoms with Crippen molar-refractivity contribution in [1.82, 2.24) is 4.90 Å². The molecular weight excluding hydrogens is 378 g/mol. The highest BCUT2D eigenvalue weighted by atomic mass is 16.5. The standard InChI is InChI=1S/C21H27NO7/c1-21(2)11-16(24)20-15(23)9-14(10-17(20)29-21)28-12-18(25)22-6-4-13(5-7-22)8-19(26)27-3/h9-10,13,23H,4-8,11-12H2,1-3H3. The van der Waals surface area contributed by atoms with E-state index in [-0.39, 0.29) is 59.4 Å². The number of carbonyl (C=O) groups is 3. The minimum absolute atomic E-state index is 0.149. The number of benzene rings is 1. The lowest BCUT2D eigenvalue weighted by atomic mass is 9.92. The lowest BCUT2D eigenvalue weighted by Gasteiger charge is -2.32. The second-order valence-corrected chi connectivity index (χ2v) is 8.17. The van der Waals surface area contributed by atoms with Crippen LogP contribution in [0.5, 0.6) is 17.2 Å². The number of ketones is 1. The van der Waals surface area contributed by atoms with E-state index in [1.165, 1.54) is 19.2 Å². The monoisotopic (exact) mass is 405 g/mol. The molecule has 0 aliphatic carbocycles. The molecule has 0 radical (unpaired) electrons. The molecule has 1 aromatic carbocycles. The summed E-state index contributed by atoms with van der Waals surface area (Å²) < 4.78 is 16.0. The third-order valence-corrected chi connectivity index (χ3v) is 5.32. The first-order valence-electron chi connectivity index (χ1n) is 9.75. The van der Waals surface area contributed by atoms with E-state index in [4.69, 9.17) is 14.2 Å². The number of rotatable bonds is 5. The number of esters is 1. The number of likely N-dealkylation sites (tertiary alicyclic amines) is 1. The van der Waals surface area contributed by atoms with E-state index >= 15 is 0 Å². The maximum absolute atomic E-state index is 12.4. The molecule has 2 heterocycles. The van der Waals surface area contributed by atoms with Crippen molar-refractivity contribution in [1.29, 1.82) is 0 Å². The van der Waals surface area contributed by atoms with Gasteiger partial charge in [0.1, 0.15) is 28.4 Å². The van der Waals surface area contributed by atoms with Crippen molar-refractivity contribution in [2.45, 2.75) is 45.1 Å². The van der Waals surface area contributed by atoms with Crippen LogP contribution in [0.2, 0.25) is 0 Å². The fourth-order valence-electron chi connectivity index (χ4n) is 3.77. The number of nitrogens with zero attached hydrogens (tertiary/aromatic N) is 1. The van der Waals surface area contributed by atoms with E-state index in [1.807, 2.05) is 0 Å². The summed E-state index contributed by atoms with van der Waals surface area (Å²) in [5.41, 5.74) is -0.518. The van der Waals surface area contributed by atoms with E-state index in [1.54, 1.807) is 18.7 Å². The third kappa shape index (κ3) is 4.99. The highest BCUT2D eigenvalue weighted by Crippen LogP contribution is 2.40. The number of hydrogen-bond donors (Lipinski definition) is 1. The van der Waals surface area contributed by atoms with Gasteiger partial charge in [-0.1, -0.05) is 0 Å². The molecule has 158 valence electrons. The summed E-state index contributed by atoms with van der Waals surface area (Å²) in [5.74, 6) is -0.0495. The van der Waals surface area contributed by atoms with Crippen molar-refractivity contribution >= 4 is 17.7 Å². The maximum atomic E-state index is 12.4. The van der Waals surface area contributed by atoms with Crippen LogP contribution in [0, 0.1) is 5.92 Å². The molecule has 0 atom stereocenters. The number of methoxy groups -OCH3 is 1. The largest absolute Gasteiger partial charge is 0.507 e. The molecule has 0 bridgehead atoms. The fraction of sp³-hybridized carbons (Fsp3) is 0.571. The van der Waals surface area contributed by atoms with Crippen molar-refractivity contribution in [3.05, 3.63) is 17.7 Å². The van der Waals surface area contributed by atoms with E-state index < -0.39 is 5.60 Å². The normalized spacial score (nSPS) is 18.6. The number of fused-ring (bicyclic) bond motifs is 1. The SMILES string of the molecule is COC(=O)CC1CCN(C(=O)COc2cc(O)c3c(c2)OC(C)(C)CC3=O)CC1. The fourth-order valence-corrected chi connectivity index (χ4v) is 3.77. The number of Topliss-reactive ketones (excluding diaryl/α,β-unsaturated/α-hetero) is 1. The van der Waals surface area contributed by atoms with E-state index in [9.17, 15) is 19.5 Å². The van der Waals surface area contributed by atoms with Gasteiger partial charge in [-0.2, -0.15) is 0 Å². The molecule has 0 unspecified atom stereocenters. The Bertz CT molecular complexity index is 809. The second kappa shape index (κ2) is 8.31. The molecule has 8 nitrogen and oxygen atoms in total. The van der Waals surface area contributed by atoms with Crippen LogP contribution in [0.3, 0.4) is 0 Å². The molecule has 1 N–H and O–H groups in total. The lowest BCUT2D eigenvalue weighted by molar-refractivity contribution is -0.142. The van der Waals surface area contributed by atoms with E-state index in [0.717, 1.165) is 12.8 Å². The van der Waals surface area contributed by atoms with Gasteiger partial charge in [-0.05, 0) is 32.6 Å². The molecule has 0 saturated carbocycles. The molecule has 1 saturated heterocycles. The summed E-state index contributed by atoms with van der Waals surface area (Å²) >= 11 is 0. The molecule has 1 aromatic rings. The molecule has 2 aliphatic heterocycles. The Morgan fingerprint density at radius 3 is 2.62 bits per heavy atom. The predicted molar refractivity (Wildman–Crippen MR) is 103 cm³/mol. The summed E-state index contributed by atoms with van der Waals surface area (Å²) in [6.07, 6.45) is 2.04. The van der Waals surface area contributed by atoms with Gasteiger partial charge < -0.3 is 24.2 Å². The zero-order valence-corrected chi connectivity index (χ0v) is 17.0. The Labute approximate surface area is 169 Å². The maximum Gasteiger partial charge on any atom is 0.305 e. The molecule has 1 amide bonds. The topological polar surface area (TPSA) is 102 Å². The van der Waals surface area contributed by atoms with Crippen LogP contribution in [0.1, 0.15) is 49.9 Å². The zero-order valence-electron chi connectivity index (χ0n) is 17.0. The lowest BCUT2D eigenvalue weighted by Crippen LogP contribution is -2.41. The van der Waals surface area contributed by atoms with Crippen molar-refractivity contribution in [2.24, 2.45) is 5.92 Å². The van der Waals surface area contributed by atoms with Gasteiger partial charge in [0.25, 0.3) is 5.91 Å². The molecule has 2 aliphatic rings. The predicted octanol–water partition coefficient (Wildman–Crippen LogP) is 2.32. The summed E-state index contributed by atoms with van der Waals surface area (Å²) in [5, 5.41) is 10.2. The number of phenols is 1. The highest BCUT2D eigenvalue weighted by Gasteiger charge is 2.35. The number of hydrogen-bond acceptors (Lipinski definition) is 7. The summed E-state index contributed by atoms with van der Waals surface area (Å²) in [6.45, 7) is 4.53.